The number of rotatable bonds is 3. The van der Waals surface area contributed by atoms with E-state index in [2.05, 4.69) is 15.1 Å². The standard InChI is InChI=1S/C13H15N3O4S/c1-19-9-5-6-14-10(8-9)12-15-13(20-16-12)11-4-2-3-7-21(11,17)18/h5-6,8,11H,2-4,7H2,1H3. The van der Waals surface area contributed by atoms with Gasteiger partial charge in [-0.1, -0.05) is 11.6 Å². The molecule has 2 aromatic heterocycles. The van der Waals surface area contributed by atoms with Crippen LogP contribution in [0, 0.1) is 0 Å². The molecule has 1 aliphatic rings. The van der Waals surface area contributed by atoms with Crippen molar-refractivity contribution in [3.63, 3.8) is 0 Å². The summed E-state index contributed by atoms with van der Waals surface area (Å²) in [7, 11) is -1.65. The molecule has 1 atom stereocenters. The quantitative estimate of drug-likeness (QED) is 0.852. The van der Waals surface area contributed by atoms with Crippen LogP contribution >= 0.6 is 0 Å². The van der Waals surface area contributed by atoms with Crippen molar-refractivity contribution in [1.29, 1.82) is 0 Å². The van der Waals surface area contributed by atoms with Crippen LogP contribution in [0.1, 0.15) is 30.4 Å². The zero-order valence-electron chi connectivity index (χ0n) is 11.5. The van der Waals surface area contributed by atoms with E-state index in [0.717, 1.165) is 6.42 Å². The number of sulfone groups is 1. The summed E-state index contributed by atoms with van der Waals surface area (Å²) in [6.07, 6.45) is 3.63. The van der Waals surface area contributed by atoms with Gasteiger partial charge in [0, 0.05) is 12.3 Å². The van der Waals surface area contributed by atoms with Crippen molar-refractivity contribution in [1.82, 2.24) is 15.1 Å². The Bertz CT molecular complexity index is 741. The normalized spacial score (nSPS) is 21.1. The van der Waals surface area contributed by atoms with Crippen LogP contribution in [-0.4, -0.2) is 36.4 Å². The lowest BCUT2D eigenvalue weighted by Gasteiger charge is -2.18. The van der Waals surface area contributed by atoms with Gasteiger partial charge in [-0.2, -0.15) is 4.98 Å². The molecule has 21 heavy (non-hydrogen) atoms. The lowest BCUT2D eigenvalue weighted by Crippen LogP contribution is -2.21. The largest absolute Gasteiger partial charge is 0.497 e. The van der Waals surface area contributed by atoms with E-state index in [0.29, 0.717) is 24.3 Å². The summed E-state index contributed by atoms with van der Waals surface area (Å²) < 4.78 is 34.4. The summed E-state index contributed by atoms with van der Waals surface area (Å²) >= 11 is 0. The minimum Gasteiger partial charge on any atom is -0.497 e. The number of pyridine rings is 1. The Balaban J connectivity index is 1.92. The van der Waals surface area contributed by atoms with Gasteiger partial charge in [-0.15, -0.1) is 0 Å². The number of hydrogen-bond donors (Lipinski definition) is 0. The highest BCUT2D eigenvalue weighted by molar-refractivity contribution is 7.91. The third-order valence-corrected chi connectivity index (χ3v) is 5.65. The highest BCUT2D eigenvalue weighted by Crippen LogP contribution is 2.33. The third kappa shape index (κ3) is 2.76. The van der Waals surface area contributed by atoms with Gasteiger partial charge in [0.25, 0.3) is 0 Å². The summed E-state index contributed by atoms with van der Waals surface area (Å²) in [6.45, 7) is 0. The highest BCUT2D eigenvalue weighted by atomic mass is 32.2. The van der Waals surface area contributed by atoms with E-state index >= 15 is 0 Å². The SMILES string of the molecule is COc1ccnc(-c2noc(C3CCCCS3(=O)=O)n2)c1. The van der Waals surface area contributed by atoms with Gasteiger partial charge in [-0.3, -0.25) is 4.98 Å². The highest BCUT2D eigenvalue weighted by Gasteiger charge is 2.34. The van der Waals surface area contributed by atoms with Crippen LogP contribution in [0.2, 0.25) is 0 Å². The second kappa shape index (κ2) is 5.44. The Hall–Kier alpha value is -1.96. The van der Waals surface area contributed by atoms with E-state index in [1.165, 1.54) is 0 Å². The molecule has 8 heteroatoms. The molecule has 7 nitrogen and oxygen atoms in total. The van der Waals surface area contributed by atoms with E-state index < -0.39 is 15.1 Å². The van der Waals surface area contributed by atoms with Crippen LogP contribution in [0.5, 0.6) is 5.75 Å². The first-order chi connectivity index (χ1) is 10.1. The first-order valence-corrected chi connectivity index (χ1v) is 8.37. The van der Waals surface area contributed by atoms with Gasteiger partial charge in [0.15, 0.2) is 9.84 Å². The average molecular weight is 309 g/mol. The average Bonchev–Trinajstić information content (AvgIpc) is 2.96. The fourth-order valence-electron chi connectivity index (χ4n) is 2.36. The Labute approximate surface area is 122 Å². The van der Waals surface area contributed by atoms with E-state index in [-0.39, 0.29) is 17.5 Å². The molecule has 3 rings (SSSR count). The Kier molecular flexibility index (Phi) is 3.62. The number of hydrogen-bond acceptors (Lipinski definition) is 7. The lowest BCUT2D eigenvalue weighted by atomic mass is 10.2. The van der Waals surface area contributed by atoms with Gasteiger partial charge in [-0.05, 0) is 18.9 Å². The lowest BCUT2D eigenvalue weighted by molar-refractivity contribution is 0.363. The molecule has 0 aromatic carbocycles. The maximum absolute atomic E-state index is 12.1. The van der Waals surface area contributed by atoms with E-state index in [1.54, 1.807) is 25.4 Å². The maximum atomic E-state index is 12.1. The van der Waals surface area contributed by atoms with E-state index in [4.69, 9.17) is 9.26 Å². The fourth-order valence-corrected chi connectivity index (χ4v) is 4.18. The molecular formula is C13H15N3O4S. The van der Waals surface area contributed by atoms with Crippen LogP contribution in [0.25, 0.3) is 11.5 Å². The second-order valence-electron chi connectivity index (χ2n) is 4.89. The number of nitrogens with zero attached hydrogens (tertiary/aromatic N) is 3. The molecule has 1 aliphatic heterocycles. The van der Waals surface area contributed by atoms with Crippen molar-refractivity contribution in [2.45, 2.75) is 24.5 Å². The summed E-state index contributed by atoms with van der Waals surface area (Å²) in [4.78, 5) is 8.34. The second-order valence-corrected chi connectivity index (χ2v) is 7.19. The van der Waals surface area contributed by atoms with Crippen LogP contribution in [0.4, 0.5) is 0 Å². The first kappa shape index (κ1) is 14.0. The molecule has 1 fully saturated rings. The van der Waals surface area contributed by atoms with Gasteiger partial charge in [-0.25, -0.2) is 8.42 Å². The molecule has 1 unspecified atom stereocenters. The van der Waals surface area contributed by atoms with Crippen molar-refractivity contribution >= 4 is 9.84 Å². The van der Waals surface area contributed by atoms with Gasteiger partial charge in [0.2, 0.25) is 11.7 Å². The van der Waals surface area contributed by atoms with Crippen LogP contribution < -0.4 is 4.74 Å². The van der Waals surface area contributed by atoms with Gasteiger partial charge >= 0.3 is 0 Å². The monoisotopic (exact) mass is 309 g/mol. The molecule has 0 aliphatic carbocycles. The number of ether oxygens (including phenoxy) is 1. The van der Waals surface area contributed by atoms with Crippen LogP contribution in [0.15, 0.2) is 22.9 Å². The molecule has 3 heterocycles. The third-order valence-electron chi connectivity index (χ3n) is 3.49. The van der Waals surface area contributed by atoms with Crippen LogP contribution in [-0.2, 0) is 9.84 Å². The maximum Gasteiger partial charge on any atom is 0.245 e. The van der Waals surface area contributed by atoms with Gasteiger partial charge in [0.05, 0.1) is 12.9 Å². The minimum absolute atomic E-state index is 0.148. The molecule has 2 aromatic rings. The molecule has 0 bridgehead atoms. The molecule has 0 amide bonds. The predicted molar refractivity (Wildman–Crippen MR) is 74.5 cm³/mol. The van der Waals surface area contributed by atoms with Crippen molar-refractivity contribution in [2.75, 3.05) is 12.9 Å². The predicted octanol–water partition coefficient (Wildman–Crippen LogP) is 1.78. The minimum atomic E-state index is -3.20. The molecule has 0 saturated carbocycles. The summed E-state index contributed by atoms with van der Waals surface area (Å²) in [5.74, 6) is 1.21. The first-order valence-electron chi connectivity index (χ1n) is 6.66. The van der Waals surface area contributed by atoms with Crippen molar-refractivity contribution in [3.8, 4) is 17.3 Å². The smallest absolute Gasteiger partial charge is 0.245 e. The van der Waals surface area contributed by atoms with Gasteiger partial charge in [0.1, 0.15) is 16.7 Å². The fraction of sp³-hybridized carbons (Fsp3) is 0.462. The van der Waals surface area contributed by atoms with Crippen molar-refractivity contribution < 1.29 is 17.7 Å². The number of aromatic nitrogens is 3. The number of methoxy groups -OCH3 is 1. The summed E-state index contributed by atoms with van der Waals surface area (Å²) in [5, 5.41) is 3.14. The summed E-state index contributed by atoms with van der Waals surface area (Å²) in [5.41, 5.74) is 0.484. The van der Waals surface area contributed by atoms with E-state index in [1.807, 2.05) is 0 Å². The zero-order chi connectivity index (χ0) is 14.9. The Morgan fingerprint density at radius 1 is 1.38 bits per heavy atom. The topological polar surface area (TPSA) is 95.2 Å². The van der Waals surface area contributed by atoms with Crippen molar-refractivity contribution in [2.24, 2.45) is 0 Å². The molecular weight excluding hydrogens is 294 g/mol. The zero-order valence-corrected chi connectivity index (χ0v) is 12.3. The Morgan fingerprint density at radius 2 is 2.24 bits per heavy atom. The molecule has 1 saturated heterocycles. The van der Waals surface area contributed by atoms with Crippen molar-refractivity contribution in [3.05, 3.63) is 24.2 Å². The Morgan fingerprint density at radius 3 is 3.00 bits per heavy atom. The van der Waals surface area contributed by atoms with Crippen LogP contribution in [0.3, 0.4) is 0 Å². The van der Waals surface area contributed by atoms with Gasteiger partial charge < -0.3 is 9.26 Å². The van der Waals surface area contributed by atoms with E-state index in [9.17, 15) is 8.42 Å². The molecule has 112 valence electrons. The molecule has 0 N–H and O–H groups in total. The molecule has 0 spiro atoms. The summed E-state index contributed by atoms with van der Waals surface area (Å²) in [6, 6.07) is 3.38. The molecule has 0 radical (unpaired) electrons.